The lowest BCUT2D eigenvalue weighted by atomic mass is 9.87. The van der Waals surface area contributed by atoms with Gasteiger partial charge < -0.3 is 15.1 Å². The van der Waals surface area contributed by atoms with Crippen molar-refractivity contribution in [2.45, 2.75) is 31.2 Å². The average molecular weight is 457 g/mol. The molecule has 2 N–H and O–H groups in total. The lowest BCUT2D eigenvalue weighted by molar-refractivity contribution is -0.246. The predicted molar refractivity (Wildman–Crippen MR) is 114 cm³/mol. The standard InChI is InChI=1S/C24H22F3N3O3/c25-24(26,27)23(33)19-6-2-1-5-17(19)21-18(16-13-28-30(14-16)9-10-31)11-15(12-20(21)23)22(32)29-7-3-4-8-29/h1-2,5-6,11-14,31,33H,3-4,7-10H2/t23-/m1/s1. The normalized spacial score (nSPS) is 19.6. The van der Waals surface area contributed by atoms with Crippen molar-refractivity contribution >= 4 is 5.91 Å². The molecule has 1 atom stereocenters. The van der Waals surface area contributed by atoms with Gasteiger partial charge in [-0.15, -0.1) is 0 Å². The topological polar surface area (TPSA) is 78.6 Å². The van der Waals surface area contributed by atoms with E-state index in [0.717, 1.165) is 12.8 Å². The molecular formula is C24H22F3N3O3. The van der Waals surface area contributed by atoms with E-state index in [9.17, 15) is 28.2 Å². The van der Waals surface area contributed by atoms with Crippen molar-refractivity contribution in [3.63, 3.8) is 0 Å². The maximum absolute atomic E-state index is 14.4. The number of nitrogens with zero attached hydrogens (tertiary/aromatic N) is 3. The fourth-order valence-corrected chi connectivity index (χ4v) is 4.87. The lowest BCUT2D eigenvalue weighted by Crippen LogP contribution is -2.41. The highest BCUT2D eigenvalue weighted by molar-refractivity contribution is 6.01. The first kappa shape index (κ1) is 21.7. The number of fused-ring (bicyclic) bond motifs is 3. The molecule has 2 aliphatic rings. The minimum absolute atomic E-state index is 0.0936. The van der Waals surface area contributed by atoms with Crippen LogP contribution in [0.3, 0.4) is 0 Å². The molecule has 0 bridgehead atoms. The summed E-state index contributed by atoms with van der Waals surface area (Å²) in [5, 5.41) is 24.5. The van der Waals surface area contributed by atoms with Crippen LogP contribution in [0.25, 0.3) is 22.3 Å². The fraction of sp³-hybridized carbons (Fsp3) is 0.333. The highest BCUT2D eigenvalue weighted by atomic mass is 19.4. The quantitative estimate of drug-likeness (QED) is 0.628. The number of benzene rings is 2. The Bertz CT molecular complexity index is 1230. The van der Waals surface area contributed by atoms with Crippen molar-refractivity contribution < 1.29 is 28.2 Å². The molecule has 6 nitrogen and oxygen atoms in total. The zero-order chi connectivity index (χ0) is 23.4. The number of hydrogen-bond acceptors (Lipinski definition) is 4. The zero-order valence-electron chi connectivity index (χ0n) is 17.6. The highest BCUT2D eigenvalue weighted by Crippen LogP contribution is 2.57. The van der Waals surface area contributed by atoms with Gasteiger partial charge in [0.15, 0.2) is 0 Å². The van der Waals surface area contributed by atoms with Gasteiger partial charge in [-0.2, -0.15) is 18.3 Å². The van der Waals surface area contributed by atoms with Gasteiger partial charge in [-0.1, -0.05) is 24.3 Å². The first-order valence-corrected chi connectivity index (χ1v) is 10.8. The minimum Gasteiger partial charge on any atom is -0.394 e. The van der Waals surface area contributed by atoms with Crippen molar-refractivity contribution in [2.75, 3.05) is 19.7 Å². The Kier molecular flexibility index (Phi) is 5.06. The van der Waals surface area contributed by atoms with E-state index >= 15 is 0 Å². The van der Waals surface area contributed by atoms with Crippen molar-refractivity contribution in [1.29, 1.82) is 0 Å². The number of carbonyl (C=O) groups is 1. The van der Waals surface area contributed by atoms with Crippen LogP contribution < -0.4 is 0 Å². The third-order valence-electron chi connectivity index (χ3n) is 6.44. The van der Waals surface area contributed by atoms with Gasteiger partial charge in [-0.3, -0.25) is 9.48 Å². The maximum Gasteiger partial charge on any atom is 0.425 e. The lowest BCUT2D eigenvalue weighted by Gasteiger charge is -2.29. The van der Waals surface area contributed by atoms with Crippen LogP contribution >= 0.6 is 0 Å². The number of aliphatic hydroxyl groups is 2. The minimum atomic E-state index is -5.00. The van der Waals surface area contributed by atoms with Gasteiger partial charge >= 0.3 is 6.18 Å². The first-order valence-electron chi connectivity index (χ1n) is 10.8. The molecule has 1 aromatic heterocycles. The first-order chi connectivity index (χ1) is 15.8. The summed E-state index contributed by atoms with van der Waals surface area (Å²) in [6.45, 7) is 1.16. The third kappa shape index (κ3) is 3.26. The summed E-state index contributed by atoms with van der Waals surface area (Å²) in [6.07, 6.45) is -0.209. The van der Waals surface area contributed by atoms with Crippen LogP contribution in [0, 0.1) is 0 Å². The number of carbonyl (C=O) groups excluding carboxylic acids is 1. The molecule has 9 heteroatoms. The van der Waals surface area contributed by atoms with Gasteiger partial charge in [0, 0.05) is 41.5 Å². The average Bonchev–Trinajstić information content (AvgIpc) is 3.53. The molecule has 1 fully saturated rings. The second-order valence-corrected chi connectivity index (χ2v) is 8.42. The monoisotopic (exact) mass is 457 g/mol. The Hall–Kier alpha value is -3.17. The van der Waals surface area contributed by atoms with E-state index in [-0.39, 0.29) is 46.9 Å². The number of hydrogen-bond donors (Lipinski definition) is 2. The van der Waals surface area contributed by atoms with Crippen LogP contribution in [0.5, 0.6) is 0 Å². The van der Waals surface area contributed by atoms with E-state index in [4.69, 9.17) is 0 Å². The number of aliphatic hydroxyl groups excluding tert-OH is 1. The van der Waals surface area contributed by atoms with Crippen molar-refractivity contribution in [3.8, 4) is 22.3 Å². The Morgan fingerprint density at radius 3 is 2.52 bits per heavy atom. The third-order valence-corrected chi connectivity index (χ3v) is 6.44. The van der Waals surface area contributed by atoms with E-state index in [2.05, 4.69) is 5.10 Å². The van der Waals surface area contributed by atoms with Gasteiger partial charge in [-0.05, 0) is 41.7 Å². The molecule has 1 aliphatic carbocycles. The van der Waals surface area contributed by atoms with Gasteiger partial charge in [0.05, 0.1) is 19.3 Å². The molecule has 172 valence electrons. The summed E-state index contributed by atoms with van der Waals surface area (Å²) < 4.78 is 44.6. The highest BCUT2D eigenvalue weighted by Gasteiger charge is 2.61. The number of likely N-dealkylation sites (tertiary alicyclic amines) is 1. The summed E-state index contributed by atoms with van der Waals surface area (Å²) in [4.78, 5) is 14.8. The summed E-state index contributed by atoms with van der Waals surface area (Å²) in [7, 11) is 0. The van der Waals surface area contributed by atoms with Gasteiger partial charge in [0.1, 0.15) is 0 Å². The van der Waals surface area contributed by atoms with Crippen molar-refractivity contribution in [2.24, 2.45) is 0 Å². The largest absolute Gasteiger partial charge is 0.425 e. The Morgan fingerprint density at radius 2 is 1.82 bits per heavy atom. The van der Waals surface area contributed by atoms with Crippen LogP contribution in [0.1, 0.15) is 34.3 Å². The Labute approximate surface area is 187 Å². The van der Waals surface area contributed by atoms with Gasteiger partial charge in [-0.25, -0.2) is 0 Å². The van der Waals surface area contributed by atoms with E-state index in [1.807, 2.05) is 0 Å². The SMILES string of the molecule is O=C(c1cc(-c2cnn(CCO)c2)c2c(c1)[C@@](O)(C(F)(F)F)c1ccccc1-2)N1CCCC1. The molecule has 0 spiro atoms. The molecular weight excluding hydrogens is 435 g/mol. The van der Waals surface area contributed by atoms with E-state index in [1.54, 1.807) is 29.3 Å². The smallest absolute Gasteiger partial charge is 0.394 e. The summed E-state index contributed by atoms with van der Waals surface area (Å²) in [5.41, 5.74) is -2.39. The van der Waals surface area contributed by atoms with Gasteiger partial charge in [0.25, 0.3) is 5.91 Å². The summed E-state index contributed by atoms with van der Waals surface area (Å²) in [5.74, 6) is -0.361. The fourth-order valence-electron chi connectivity index (χ4n) is 4.87. The summed E-state index contributed by atoms with van der Waals surface area (Å²) >= 11 is 0. The zero-order valence-corrected chi connectivity index (χ0v) is 17.6. The molecule has 33 heavy (non-hydrogen) atoms. The van der Waals surface area contributed by atoms with E-state index < -0.39 is 11.8 Å². The van der Waals surface area contributed by atoms with E-state index in [0.29, 0.717) is 24.2 Å². The van der Waals surface area contributed by atoms with Crippen molar-refractivity contribution in [3.05, 3.63) is 65.5 Å². The molecule has 0 saturated carbocycles. The molecule has 1 aliphatic heterocycles. The van der Waals surface area contributed by atoms with Crippen LogP contribution in [0.15, 0.2) is 48.8 Å². The Morgan fingerprint density at radius 1 is 1.09 bits per heavy atom. The van der Waals surface area contributed by atoms with E-state index in [1.165, 1.54) is 29.1 Å². The van der Waals surface area contributed by atoms with Crippen LogP contribution in [-0.2, 0) is 12.1 Å². The van der Waals surface area contributed by atoms with Gasteiger partial charge in [0.2, 0.25) is 5.60 Å². The van der Waals surface area contributed by atoms with Crippen LogP contribution in [0.2, 0.25) is 0 Å². The molecule has 0 radical (unpaired) electrons. The van der Waals surface area contributed by atoms with Crippen molar-refractivity contribution in [1.82, 2.24) is 14.7 Å². The molecule has 3 aromatic rings. The Balaban J connectivity index is 1.79. The second-order valence-electron chi connectivity index (χ2n) is 8.42. The molecule has 2 aromatic carbocycles. The second kappa shape index (κ2) is 7.71. The summed E-state index contributed by atoms with van der Waals surface area (Å²) in [6, 6.07) is 8.65. The molecule has 1 saturated heterocycles. The molecule has 2 heterocycles. The number of rotatable bonds is 4. The maximum atomic E-state index is 14.4. The number of alkyl halides is 3. The predicted octanol–water partition coefficient (Wildman–Crippen LogP) is 3.56. The molecule has 0 unspecified atom stereocenters. The number of halogens is 3. The molecule has 1 amide bonds. The molecule has 5 rings (SSSR count). The van der Waals surface area contributed by atoms with Crippen LogP contribution in [-0.4, -0.2) is 56.7 Å². The number of amides is 1. The number of aromatic nitrogens is 2. The van der Waals surface area contributed by atoms with Crippen LogP contribution in [0.4, 0.5) is 13.2 Å².